The topological polar surface area (TPSA) is 43.4 Å². The van der Waals surface area contributed by atoms with Gasteiger partial charge in [-0.3, -0.25) is 9.59 Å². The molecule has 3 nitrogen and oxygen atoms in total. The molecule has 1 saturated heterocycles. The summed E-state index contributed by atoms with van der Waals surface area (Å²) in [6.45, 7) is 8.55. The van der Waals surface area contributed by atoms with Crippen molar-refractivity contribution in [2.24, 2.45) is 22.7 Å². The van der Waals surface area contributed by atoms with E-state index in [9.17, 15) is 9.59 Å². The monoisotopic (exact) mass is 248 g/mol. The highest BCUT2D eigenvalue weighted by Crippen LogP contribution is 2.62. The Morgan fingerprint density at radius 1 is 1.33 bits per heavy atom. The SMILES string of the molecule is C=C1COC(=O)C12CC1(C)C(C)CCCC1C2=O. The maximum absolute atomic E-state index is 12.8. The Balaban J connectivity index is 2.09. The molecule has 0 radical (unpaired) electrons. The molecule has 3 fully saturated rings. The fourth-order valence-electron chi connectivity index (χ4n) is 4.33. The zero-order chi connectivity index (χ0) is 13.1. The van der Waals surface area contributed by atoms with E-state index in [2.05, 4.69) is 20.4 Å². The molecule has 3 heteroatoms. The number of fused-ring (bicyclic) bond motifs is 1. The molecule has 3 aliphatic rings. The standard InChI is InChI=1S/C15H20O3/c1-9-5-4-6-11-12(16)15(8-14(9,11)3)10(2)7-18-13(15)17/h9,11H,2,4-8H2,1,3H3. The molecule has 1 aliphatic heterocycles. The first-order valence-electron chi connectivity index (χ1n) is 6.83. The molecule has 2 aliphatic carbocycles. The summed E-state index contributed by atoms with van der Waals surface area (Å²) >= 11 is 0. The van der Waals surface area contributed by atoms with Crippen molar-refractivity contribution >= 4 is 11.8 Å². The van der Waals surface area contributed by atoms with E-state index in [1.807, 2.05) is 0 Å². The van der Waals surface area contributed by atoms with Gasteiger partial charge in [-0.2, -0.15) is 0 Å². The largest absolute Gasteiger partial charge is 0.460 e. The molecule has 98 valence electrons. The van der Waals surface area contributed by atoms with Crippen molar-refractivity contribution in [2.75, 3.05) is 6.61 Å². The van der Waals surface area contributed by atoms with Gasteiger partial charge in [0.2, 0.25) is 0 Å². The van der Waals surface area contributed by atoms with Crippen LogP contribution in [0.2, 0.25) is 0 Å². The van der Waals surface area contributed by atoms with Gasteiger partial charge in [0.15, 0.2) is 11.2 Å². The number of rotatable bonds is 0. The maximum atomic E-state index is 12.8. The van der Waals surface area contributed by atoms with Crippen molar-refractivity contribution in [3.05, 3.63) is 12.2 Å². The van der Waals surface area contributed by atoms with Gasteiger partial charge in [-0.1, -0.05) is 33.3 Å². The molecule has 0 bridgehead atoms. The Bertz CT molecular complexity index is 435. The smallest absolute Gasteiger partial charge is 0.324 e. The Morgan fingerprint density at radius 3 is 2.61 bits per heavy atom. The quantitative estimate of drug-likeness (QED) is 0.376. The summed E-state index contributed by atoms with van der Waals surface area (Å²) in [5.41, 5.74) is -0.375. The molecule has 0 aromatic carbocycles. The van der Waals surface area contributed by atoms with E-state index in [0.717, 1.165) is 19.3 Å². The first-order chi connectivity index (χ1) is 8.43. The minimum atomic E-state index is -1.00. The molecule has 4 atom stereocenters. The van der Waals surface area contributed by atoms with Gasteiger partial charge < -0.3 is 4.74 Å². The van der Waals surface area contributed by atoms with Gasteiger partial charge in [-0.15, -0.1) is 0 Å². The zero-order valence-electron chi connectivity index (χ0n) is 11.1. The molecule has 18 heavy (non-hydrogen) atoms. The summed E-state index contributed by atoms with van der Waals surface area (Å²) in [4.78, 5) is 24.9. The molecule has 2 saturated carbocycles. The van der Waals surface area contributed by atoms with E-state index in [0.29, 0.717) is 17.9 Å². The van der Waals surface area contributed by atoms with Crippen LogP contribution in [0.15, 0.2) is 12.2 Å². The average Bonchev–Trinajstić information content (AvgIpc) is 2.74. The van der Waals surface area contributed by atoms with Crippen molar-refractivity contribution in [3.63, 3.8) is 0 Å². The number of ether oxygens (including phenoxy) is 1. The minimum Gasteiger partial charge on any atom is -0.460 e. The highest BCUT2D eigenvalue weighted by atomic mass is 16.5. The normalized spacial score (nSPS) is 47.6. The molecule has 0 aromatic rings. The highest BCUT2D eigenvalue weighted by molar-refractivity contribution is 6.11. The summed E-state index contributed by atoms with van der Waals surface area (Å²) in [7, 11) is 0. The molecular weight excluding hydrogens is 228 g/mol. The minimum absolute atomic E-state index is 0.0173. The van der Waals surface area contributed by atoms with E-state index in [-0.39, 0.29) is 29.7 Å². The number of esters is 1. The summed E-state index contributed by atoms with van der Waals surface area (Å²) in [5, 5.41) is 0. The third kappa shape index (κ3) is 1.15. The van der Waals surface area contributed by atoms with Crippen LogP contribution < -0.4 is 0 Å². The first kappa shape index (κ1) is 11.9. The zero-order valence-corrected chi connectivity index (χ0v) is 11.1. The maximum Gasteiger partial charge on any atom is 0.324 e. The number of carbonyl (C=O) groups is 2. The Hall–Kier alpha value is -1.12. The van der Waals surface area contributed by atoms with Gasteiger partial charge >= 0.3 is 5.97 Å². The number of carbonyl (C=O) groups excluding carboxylic acids is 2. The lowest BCUT2D eigenvalue weighted by atomic mass is 9.63. The first-order valence-corrected chi connectivity index (χ1v) is 6.83. The molecule has 4 unspecified atom stereocenters. The van der Waals surface area contributed by atoms with E-state index in [4.69, 9.17) is 4.74 Å². The second kappa shape index (κ2) is 3.46. The number of hydrogen-bond acceptors (Lipinski definition) is 3. The van der Waals surface area contributed by atoms with Gasteiger partial charge in [0, 0.05) is 5.92 Å². The van der Waals surface area contributed by atoms with Crippen LogP contribution in [0.4, 0.5) is 0 Å². The third-order valence-corrected chi connectivity index (χ3v) is 5.76. The summed E-state index contributed by atoms with van der Waals surface area (Å²) in [6.07, 6.45) is 3.77. The molecule has 0 N–H and O–H groups in total. The fourth-order valence-corrected chi connectivity index (χ4v) is 4.33. The molecule has 0 amide bonds. The number of hydrogen-bond donors (Lipinski definition) is 0. The van der Waals surface area contributed by atoms with Crippen LogP contribution >= 0.6 is 0 Å². The van der Waals surface area contributed by atoms with Crippen molar-refractivity contribution in [3.8, 4) is 0 Å². The lowest BCUT2D eigenvalue weighted by Gasteiger charge is -2.41. The Labute approximate surface area is 108 Å². The van der Waals surface area contributed by atoms with Gasteiger partial charge in [0.05, 0.1) is 0 Å². The van der Waals surface area contributed by atoms with Crippen molar-refractivity contribution in [1.29, 1.82) is 0 Å². The predicted octanol–water partition coefficient (Wildman–Crippen LogP) is 2.50. The number of Topliss-reactive ketones (excluding diaryl/α,β-unsaturated/α-hetero) is 1. The summed E-state index contributed by atoms with van der Waals surface area (Å²) in [6, 6.07) is 0. The van der Waals surface area contributed by atoms with Gasteiger partial charge in [-0.05, 0) is 29.7 Å². The van der Waals surface area contributed by atoms with Crippen LogP contribution in [-0.4, -0.2) is 18.4 Å². The molecular formula is C15H20O3. The van der Waals surface area contributed by atoms with Crippen molar-refractivity contribution < 1.29 is 14.3 Å². The van der Waals surface area contributed by atoms with Crippen LogP contribution in [0.3, 0.4) is 0 Å². The van der Waals surface area contributed by atoms with Crippen molar-refractivity contribution in [2.45, 2.75) is 39.5 Å². The van der Waals surface area contributed by atoms with E-state index in [1.54, 1.807) is 0 Å². The second-order valence-corrected chi connectivity index (χ2v) is 6.52. The lowest BCUT2D eigenvalue weighted by Crippen LogP contribution is -2.36. The van der Waals surface area contributed by atoms with Gasteiger partial charge in [0.1, 0.15) is 6.61 Å². The summed E-state index contributed by atoms with van der Waals surface area (Å²) in [5.74, 6) is 0.244. The van der Waals surface area contributed by atoms with Crippen LogP contribution in [0.5, 0.6) is 0 Å². The van der Waals surface area contributed by atoms with Crippen molar-refractivity contribution in [1.82, 2.24) is 0 Å². The van der Waals surface area contributed by atoms with E-state index < -0.39 is 5.41 Å². The summed E-state index contributed by atoms with van der Waals surface area (Å²) < 4.78 is 5.10. The Morgan fingerprint density at radius 2 is 2.06 bits per heavy atom. The number of cyclic esters (lactones) is 1. The highest BCUT2D eigenvalue weighted by Gasteiger charge is 2.67. The van der Waals surface area contributed by atoms with Gasteiger partial charge in [-0.25, -0.2) is 0 Å². The second-order valence-electron chi connectivity index (χ2n) is 6.52. The van der Waals surface area contributed by atoms with Crippen LogP contribution in [-0.2, 0) is 14.3 Å². The van der Waals surface area contributed by atoms with E-state index in [1.165, 1.54) is 0 Å². The fraction of sp³-hybridized carbons (Fsp3) is 0.733. The molecule has 1 spiro atoms. The van der Waals surface area contributed by atoms with E-state index >= 15 is 0 Å². The van der Waals surface area contributed by atoms with Crippen LogP contribution in [0, 0.1) is 22.7 Å². The number of ketones is 1. The third-order valence-electron chi connectivity index (χ3n) is 5.76. The predicted molar refractivity (Wildman–Crippen MR) is 66.8 cm³/mol. The van der Waals surface area contributed by atoms with Crippen LogP contribution in [0.1, 0.15) is 39.5 Å². The van der Waals surface area contributed by atoms with Gasteiger partial charge in [0.25, 0.3) is 0 Å². The lowest BCUT2D eigenvalue weighted by molar-refractivity contribution is -0.149. The Kier molecular flexibility index (Phi) is 2.30. The molecule has 3 rings (SSSR count). The molecule has 1 heterocycles. The van der Waals surface area contributed by atoms with Crippen LogP contribution in [0.25, 0.3) is 0 Å². The molecule has 0 aromatic heterocycles. The average molecular weight is 248 g/mol.